The number of aliphatic hydroxyl groups is 23. The summed E-state index contributed by atoms with van der Waals surface area (Å²) in [4.78, 5) is 38.4. The Bertz CT molecular complexity index is 3050. The smallest absolute Gasteiger partial charge is 0.462 e. The Labute approximate surface area is 720 Å². The maximum Gasteiger partial charge on any atom is 0.472 e. The number of esters is 2. The lowest BCUT2D eigenvalue weighted by Crippen LogP contribution is -2.69. The molecule has 24 N–H and O–H groups in total. The fourth-order valence-corrected chi connectivity index (χ4v) is 16.3. The standard InChI is InChI=1S/C80H141O43P/c1-3-5-7-9-11-13-15-17-18-19-21-22-24-26-28-30-32-49(83)108-36-42(114-50(84)33-31-29-27-25-23-20-16-14-12-10-8-6-4-2)37-113-124(106,107)123-74-72(121-79-70(104)58(92)52(86)44(35-82)116-79)64(98)63(97)65(99)73(74)122-80-71(105)62(96)56(90)48(120-80)41-112-78-69(103)61(95)55(89)47(119-78)40-111-77-68(102)60(94)54(88)46(118-77)39-110-76-67(101)59(93)53(87)45(117-76)38-109-75-66(100)57(91)51(85)43(34-81)115-75/h13,15,18-19,42-48,51-82,85-105H,3-12,14,16-17,20-41H2,1-2H3,(H,106,107)/b15-13-,19-18-/t42-,43?,44?,45?,46?,47?,48?,51+,52-,53+,54+,55+,56+,57?,58?,59?,60?,61?,62?,63+,64?,65?,66+,67+,68+,69+,70-,71+,72-,73?,74+,75-,76-,77-,78-,79-,80+/m1/s1. The first-order valence-corrected chi connectivity index (χ1v) is 45.2. The van der Waals surface area contributed by atoms with Gasteiger partial charge in [0.15, 0.2) is 43.8 Å². The van der Waals surface area contributed by atoms with Crippen molar-refractivity contribution in [1.82, 2.24) is 0 Å². The molecule has 43 nitrogen and oxygen atoms in total. The van der Waals surface area contributed by atoms with Crippen LogP contribution in [0.15, 0.2) is 24.3 Å². The summed E-state index contributed by atoms with van der Waals surface area (Å²) < 4.78 is 104. The van der Waals surface area contributed by atoms with Gasteiger partial charge in [-0.3, -0.25) is 18.6 Å². The second-order valence-electron chi connectivity index (χ2n) is 32.9. The fourth-order valence-electron chi connectivity index (χ4n) is 15.3. The van der Waals surface area contributed by atoms with E-state index in [1.54, 1.807) is 0 Å². The molecule has 0 spiro atoms. The van der Waals surface area contributed by atoms with Crippen LogP contribution in [0, 0.1) is 0 Å². The number of unbranched alkanes of at least 4 members (excludes halogenated alkanes) is 21. The summed E-state index contributed by atoms with van der Waals surface area (Å²) in [6, 6.07) is 0. The quantitative estimate of drug-likeness (QED) is 0.0118. The zero-order valence-electron chi connectivity index (χ0n) is 70.4. The molecule has 6 aliphatic heterocycles. The summed E-state index contributed by atoms with van der Waals surface area (Å²) in [5, 5.41) is 250. The molecule has 1 aliphatic carbocycles. The number of carbonyl (C=O) groups excluding carboxylic acids is 2. The maximum absolute atomic E-state index is 14.5. The van der Waals surface area contributed by atoms with E-state index in [1.807, 2.05) is 0 Å². The van der Waals surface area contributed by atoms with E-state index in [0.29, 0.717) is 25.7 Å². The average molecular weight is 1820 g/mol. The summed E-state index contributed by atoms with van der Waals surface area (Å²) >= 11 is 0. The van der Waals surface area contributed by atoms with Crippen molar-refractivity contribution in [3.05, 3.63) is 24.3 Å². The Morgan fingerprint density at radius 1 is 0.323 bits per heavy atom. The van der Waals surface area contributed by atoms with Gasteiger partial charge in [0.25, 0.3) is 0 Å². The summed E-state index contributed by atoms with van der Waals surface area (Å²) in [5.41, 5.74) is 0. The lowest BCUT2D eigenvalue weighted by atomic mass is 9.84. The van der Waals surface area contributed by atoms with Gasteiger partial charge in [0.1, 0.15) is 190 Å². The van der Waals surface area contributed by atoms with Gasteiger partial charge in [-0.25, -0.2) is 4.57 Å². The molecular weight excluding hydrogens is 1680 g/mol. The van der Waals surface area contributed by atoms with Crippen LogP contribution < -0.4 is 0 Å². The Hall–Kier alpha value is -2.87. The van der Waals surface area contributed by atoms with Crippen molar-refractivity contribution in [2.75, 3.05) is 52.9 Å². The maximum atomic E-state index is 14.5. The molecule has 0 aromatic rings. The number of hydrogen-bond donors (Lipinski definition) is 24. The number of rotatable bonds is 55. The van der Waals surface area contributed by atoms with Crippen molar-refractivity contribution in [1.29, 1.82) is 0 Å². The molecule has 724 valence electrons. The number of phosphoric ester groups is 1. The van der Waals surface area contributed by atoms with Crippen LogP contribution in [0.25, 0.3) is 0 Å². The lowest BCUT2D eigenvalue weighted by Gasteiger charge is -2.49. The minimum atomic E-state index is -5.89. The number of allylic oxidation sites excluding steroid dienone is 4. The Morgan fingerprint density at radius 2 is 0.605 bits per heavy atom. The highest BCUT2D eigenvalue weighted by atomic mass is 31.2. The second kappa shape index (κ2) is 55.6. The number of phosphoric acid groups is 1. The van der Waals surface area contributed by atoms with Crippen molar-refractivity contribution < 1.29 is 212 Å². The van der Waals surface area contributed by atoms with E-state index >= 15 is 0 Å². The molecule has 0 aromatic carbocycles. The summed E-state index contributed by atoms with van der Waals surface area (Å²) in [6.45, 7) is -2.95. The third kappa shape index (κ3) is 32.5. The van der Waals surface area contributed by atoms with Crippen LogP contribution in [0.2, 0.25) is 0 Å². The third-order valence-corrected chi connectivity index (χ3v) is 24.1. The Balaban J connectivity index is 1.00. The molecule has 1 saturated carbocycles. The third-order valence-electron chi connectivity index (χ3n) is 23.1. The van der Waals surface area contributed by atoms with Gasteiger partial charge in [-0.1, -0.05) is 154 Å². The molecule has 0 amide bonds. The van der Waals surface area contributed by atoms with Crippen molar-refractivity contribution in [3.8, 4) is 0 Å². The van der Waals surface area contributed by atoms with E-state index in [4.69, 9.17) is 75.4 Å². The van der Waals surface area contributed by atoms with Crippen LogP contribution in [0.1, 0.15) is 187 Å². The van der Waals surface area contributed by atoms with Gasteiger partial charge in [-0.05, 0) is 44.9 Å². The molecule has 0 radical (unpaired) electrons. The molecule has 16 unspecified atom stereocenters. The average Bonchev–Trinajstić information content (AvgIpc) is 0.755. The number of aliphatic hydroxyl groups excluding tert-OH is 23. The molecule has 6 saturated heterocycles. The molecule has 0 aromatic heterocycles. The van der Waals surface area contributed by atoms with Gasteiger partial charge in [-0.15, -0.1) is 0 Å². The van der Waals surface area contributed by atoms with Crippen LogP contribution in [-0.4, -0.2) is 414 Å². The number of ether oxygens (including phenoxy) is 14. The molecular formula is C80H141O43P. The van der Waals surface area contributed by atoms with Crippen LogP contribution in [0.3, 0.4) is 0 Å². The largest absolute Gasteiger partial charge is 0.472 e. The molecule has 7 aliphatic rings. The highest BCUT2D eigenvalue weighted by Gasteiger charge is 2.60. The second-order valence-corrected chi connectivity index (χ2v) is 34.3. The molecule has 7 rings (SSSR count). The van der Waals surface area contributed by atoms with E-state index < -0.39 is 300 Å². The van der Waals surface area contributed by atoms with Crippen molar-refractivity contribution in [2.24, 2.45) is 0 Å². The highest BCUT2D eigenvalue weighted by molar-refractivity contribution is 7.47. The minimum absolute atomic E-state index is 0.0483. The van der Waals surface area contributed by atoms with Gasteiger partial charge < -0.3 is 189 Å². The first-order chi connectivity index (χ1) is 59.2. The van der Waals surface area contributed by atoms with Crippen LogP contribution in [0.5, 0.6) is 0 Å². The zero-order chi connectivity index (χ0) is 90.9. The summed E-state index contributed by atoms with van der Waals surface area (Å²) in [5.74, 6) is -1.52. The molecule has 44 heteroatoms. The van der Waals surface area contributed by atoms with Crippen LogP contribution >= 0.6 is 7.82 Å². The van der Waals surface area contributed by atoms with E-state index in [9.17, 15) is 136 Å². The molecule has 124 heavy (non-hydrogen) atoms. The van der Waals surface area contributed by atoms with Gasteiger partial charge >= 0.3 is 19.8 Å². The van der Waals surface area contributed by atoms with Gasteiger partial charge in [0.05, 0.1) is 46.2 Å². The number of carbonyl (C=O) groups is 2. The van der Waals surface area contributed by atoms with E-state index in [-0.39, 0.29) is 12.8 Å². The van der Waals surface area contributed by atoms with E-state index in [2.05, 4.69) is 38.2 Å². The lowest BCUT2D eigenvalue weighted by molar-refractivity contribution is -0.365. The van der Waals surface area contributed by atoms with Gasteiger partial charge in [-0.2, -0.15) is 0 Å². The Kier molecular flexibility index (Phi) is 48.5. The van der Waals surface area contributed by atoms with Gasteiger partial charge in [0.2, 0.25) is 0 Å². The normalized spacial score (nSPS) is 39.5. The van der Waals surface area contributed by atoms with Crippen LogP contribution in [0.4, 0.5) is 0 Å². The van der Waals surface area contributed by atoms with Crippen molar-refractivity contribution in [3.63, 3.8) is 0 Å². The van der Waals surface area contributed by atoms with Gasteiger partial charge in [0, 0.05) is 12.8 Å². The van der Waals surface area contributed by atoms with E-state index in [1.165, 1.54) is 64.2 Å². The first-order valence-electron chi connectivity index (χ1n) is 43.7. The monoisotopic (exact) mass is 1820 g/mol. The predicted molar refractivity (Wildman–Crippen MR) is 422 cm³/mol. The van der Waals surface area contributed by atoms with E-state index in [0.717, 1.165) is 70.6 Å². The minimum Gasteiger partial charge on any atom is -0.462 e. The fraction of sp³-hybridized carbons (Fsp3) is 0.925. The molecule has 38 atom stereocenters. The summed E-state index contributed by atoms with van der Waals surface area (Å²) in [6.07, 6.45) is -43.9. The van der Waals surface area contributed by atoms with Crippen LogP contribution in [-0.2, 0) is 89.5 Å². The number of hydrogen-bond acceptors (Lipinski definition) is 42. The first kappa shape index (κ1) is 108. The zero-order valence-corrected chi connectivity index (χ0v) is 71.3. The van der Waals surface area contributed by atoms with Crippen molar-refractivity contribution >= 4 is 19.8 Å². The molecule has 6 heterocycles. The molecule has 0 bridgehead atoms. The van der Waals surface area contributed by atoms with Crippen molar-refractivity contribution in [2.45, 2.75) is 414 Å². The Morgan fingerprint density at radius 3 is 0.960 bits per heavy atom. The topological polar surface area (TPSA) is 684 Å². The summed E-state index contributed by atoms with van der Waals surface area (Å²) in [7, 11) is -5.89. The predicted octanol–water partition coefficient (Wildman–Crippen LogP) is -4.61. The molecule has 7 fully saturated rings. The SMILES string of the molecule is CCCCCC/C=C\C/C=C\CCCCCCCC(=O)OC[C@H](COP(=O)(O)O[C@@H]1C(O[C@@H]2OC(CO[C@@H]3OC(CO[C@@H]4OC(CO[C@@H]5OC(CO[C@@H]6OC(CO)[C@H](O)C(O)[C@@H]6O)[C@H](O)C(O)[C@@H]5O)[C@H](O)C(O)[C@@H]4O)[C@H](O)C(O)[C@@H]3O)[C@H](O)C(O)[C@@H]2O)C(O)[C@@H](O)C(O)[C@H]1O[C@H]1OC(CO)[C@@H](O)C(O)[C@H]1O)OC(=O)CCCCCCCCCCCCCCC. The highest BCUT2D eigenvalue weighted by Crippen LogP contribution is 2.49.